The van der Waals surface area contributed by atoms with E-state index in [9.17, 15) is 34.8 Å². The molecule has 3 bridgehead atoms. The number of carbonyl (C=O) groups excluding carboxylic acids is 3. The highest BCUT2D eigenvalue weighted by Crippen LogP contribution is 2.74. The van der Waals surface area contributed by atoms with Gasteiger partial charge in [0.05, 0.1) is 18.1 Å². The minimum atomic E-state index is -2.36. The molecule has 0 radical (unpaired) electrons. The lowest BCUT2D eigenvalue weighted by Crippen LogP contribution is -2.86. The number of rotatable bonds is 5. The molecular weight excluding hydrogens is 560 g/mol. The first kappa shape index (κ1) is 30.4. The van der Waals surface area contributed by atoms with E-state index in [1.165, 1.54) is 19.9 Å². The normalized spacial score (nSPS) is 47.6. The van der Waals surface area contributed by atoms with E-state index in [0.29, 0.717) is 0 Å². The van der Waals surface area contributed by atoms with Crippen LogP contribution in [0.3, 0.4) is 0 Å². The molecule has 234 valence electrons. The van der Waals surface area contributed by atoms with E-state index in [1.807, 2.05) is 0 Å². The molecule has 11 nitrogen and oxygen atoms in total. The lowest BCUT2D eigenvalue weighted by Gasteiger charge is -2.65. The molecule has 5 fully saturated rings. The molecule has 0 aromatic heterocycles. The van der Waals surface area contributed by atoms with E-state index >= 15 is 0 Å². The van der Waals surface area contributed by atoms with Crippen molar-refractivity contribution < 1.29 is 53.8 Å². The molecule has 3 heterocycles. The van der Waals surface area contributed by atoms with Crippen LogP contribution in [0.4, 0.5) is 0 Å². The molecule has 2 aliphatic carbocycles. The lowest BCUT2D eigenvalue weighted by molar-refractivity contribution is -0.488. The molecule has 11 atom stereocenters. The molecule has 6 rings (SSSR count). The van der Waals surface area contributed by atoms with Crippen molar-refractivity contribution in [1.29, 1.82) is 0 Å². The maximum Gasteiger partial charge on any atom is 0.338 e. The lowest BCUT2D eigenvalue weighted by atomic mass is 9.64. The van der Waals surface area contributed by atoms with Crippen LogP contribution in [0.5, 0.6) is 0 Å². The average molecular weight is 601 g/mol. The monoisotopic (exact) mass is 600 g/mol. The Bertz CT molecular complexity index is 1400. The van der Waals surface area contributed by atoms with Crippen molar-refractivity contribution in [2.75, 3.05) is 6.61 Å². The van der Waals surface area contributed by atoms with Crippen LogP contribution in [0.1, 0.15) is 64.7 Å². The molecule has 43 heavy (non-hydrogen) atoms. The van der Waals surface area contributed by atoms with Crippen LogP contribution in [-0.2, 0) is 28.5 Å². The second-order valence-corrected chi connectivity index (χ2v) is 13.9. The van der Waals surface area contributed by atoms with E-state index in [1.54, 1.807) is 58.0 Å². The topological polar surface area (TPSA) is 169 Å². The quantitative estimate of drug-likeness (QED) is 0.285. The van der Waals surface area contributed by atoms with Crippen molar-refractivity contribution in [3.05, 3.63) is 47.5 Å². The number of allylic oxidation sites excluding steroid dienone is 1. The standard InChI is InChI=1S/C32H40O11/c1-7-16(2)23(34)41-22-20-21(40-24(35)18-11-9-8-10-12-18)17(3)13-30(20,39)32-28(6,38)19-14-27(4,5)25(36)31(19,43-32)26(37)29(22,15-33)42-32/h7-12,17,19-22,26,33,37-39H,13-15H2,1-6H3/b16-7-/t17-,19+,20+,21-,22+,26-,28-,29-,30-,31+,32+/m0/s1. The van der Waals surface area contributed by atoms with E-state index < -0.39 is 94.0 Å². The molecule has 3 saturated heterocycles. The van der Waals surface area contributed by atoms with Gasteiger partial charge in [0, 0.05) is 16.9 Å². The fourth-order valence-corrected chi connectivity index (χ4v) is 8.87. The highest BCUT2D eigenvalue weighted by atomic mass is 16.8. The van der Waals surface area contributed by atoms with Crippen LogP contribution in [-0.4, -0.2) is 91.3 Å². The molecule has 11 heteroatoms. The van der Waals surface area contributed by atoms with E-state index in [0.717, 1.165) is 0 Å². The maximum absolute atomic E-state index is 14.1. The minimum Gasteiger partial charge on any atom is -0.458 e. The minimum absolute atomic E-state index is 0.0906. The molecule has 2 saturated carbocycles. The summed E-state index contributed by atoms with van der Waals surface area (Å²) in [6, 6.07) is 8.23. The number of ketones is 1. The van der Waals surface area contributed by atoms with E-state index in [2.05, 4.69) is 0 Å². The summed E-state index contributed by atoms with van der Waals surface area (Å²) in [4.78, 5) is 40.8. The number of fused-ring (bicyclic) bond motifs is 2. The number of benzene rings is 1. The number of hydrogen-bond acceptors (Lipinski definition) is 11. The first-order valence-electron chi connectivity index (χ1n) is 14.8. The van der Waals surface area contributed by atoms with Crippen LogP contribution < -0.4 is 0 Å². The zero-order valence-corrected chi connectivity index (χ0v) is 25.2. The summed E-state index contributed by atoms with van der Waals surface area (Å²) >= 11 is 0. The summed E-state index contributed by atoms with van der Waals surface area (Å²) in [6.07, 6.45) is -3.23. The van der Waals surface area contributed by atoms with Crippen molar-refractivity contribution in [1.82, 2.24) is 0 Å². The van der Waals surface area contributed by atoms with Crippen molar-refractivity contribution >= 4 is 17.7 Å². The fourth-order valence-electron chi connectivity index (χ4n) is 8.87. The van der Waals surface area contributed by atoms with Crippen molar-refractivity contribution in [3.8, 4) is 0 Å². The Labute approximate surface area is 249 Å². The number of hydrogen-bond donors (Lipinski definition) is 4. The third-order valence-electron chi connectivity index (χ3n) is 11.0. The Morgan fingerprint density at radius 2 is 1.72 bits per heavy atom. The summed E-state index contributed by atoms with van der Waals surface area (Å²) in [6.45, 7) is 8.66. The van der Waals surface area contributed by atoms with E-state index in [-0.39, 0.29) is 24.0 Å². The molecular formula is C32H40O11. The van der Waals surface area contributed by atoms with Crippen molar-refractivity contribution in [2.45, 2.75) is 101 Å². The average Bonchev–Trinajstić information content (AvgIpc) is 3.42. The zero-order chi connectivity index (χ0) is 31.5. The maximum atomic E-state index is 14.1. The van der Waals surface area contributed by atoms with Gasteiger partial charge in [-0.05, 0) is 51.7 Å². The number of Topliss-reactive ketones (excluding diaryl/α,β-unsaturated/α-hetero) is 1. The molecule has 1 aromatic rings. The number of ether oxygens (including phenoxy) is 4. The van der Waals surface area contributed by atoms with Gasteiger partial charge in [-0.15, -0.1) is 0 Å². The van der Waals surface area contributed by atoms with Gasteiger partial charge in [0.2, 0.25) is 5.79 Å². The summed E-state index contributed by atoms with van der Waals surface area (Å²) in [5, 5.41) is 48.5. The van der Waals surface area contributed by atoms with Crippen LogP contribution in [0, 0.1) is 23.2 Å². The Hall–Kier alpha value is -2.67. The van der Waals surface area contributed by atoms with Gasteiger partial charge in [-0.1, -0.05) is 45.0 Å². The smallest absolute Gasteiger partial charge is 0.338 e. The highest BCUT2D eigenvalue weighted by molar-refractivity contribution is 5.97. The van der Waals surface area contributed by atoms with Crippen LogP contribution in [0.15, 0.2) is 42.0 Å². The summed E-state index contributed by atoms with van der Waals surface area (Å²) in [5.41, 5.74) is -9.19. The molecule has 2 spiro atoms. The predicted octanol–water partition coefficient (Wildman–Crippen LogP) is 1.44. The number of carbonyl (C=O) groups is 3. The van der Waals surface area contributed by atoms with Crippen LogP contribution in [0.2, 0.25) is 0 Å². The van der Waals surface area contributed by atoms with Gasteiger partial charge in [-0.2, -0.15) is 0 Å². The molecule has 0 amide bonds. The Morgan fingerprint density at radius 3 is 2.33 bits per heavy atom. The Kier molecular flexibility index (Phi) is 6.48. The fraction of sp³-hybridized carbons (Fsp3) is 0.656. The molecule has 4 N–H and O–H groups in total. The zero-order valence-electron chi connectivity index (χ0n) is 25.2. The summed E-state index contributed by atoms with van der Waals surface area (Å²) < 4.78 is 24.9. The second-order valence-electron chi connectivity index (χ2n) is 13.9. The molecule has 0 unspecified atom stereocenters. The van der Waals surface area contributed by atoms with Gasteiger partial charge < -0.3 is 39.4 Å². The van der Waals surface area contributed by atoms with Gasteiger partial charge in [0.15, 0.2) is 17.0 Å². The van der Waals surface area contributed by atoms with Gasteiger partial charge >= 0.3 is 11.9 Å². The molecule has 1 aromatic carbocycles. The van der Waals surface area contributed by atoms with Crippen LogP contribution in [0.25, 0.3) is 0 Å². The number of aliphatic hydroxyl groups excluding tert-OH is 2. The number of esters is 2. The van der Waals surface area contributed by atoms with Gasteiger partial charge in [0.1, 0.15) is 29.5 Å². The SMILES string of the molecule is C/C=C(/C)C(=O)O[C@@H]1[C@H]2[C@@H](OC(=O)c3ccccc3)[C@@H](C)C[C@@]2(O)[C@]23O[C@]1(CO)[C@H](O)[C@]1(O2)C(=O)C(C)(C)C[C@@H]1[C@]3(C)O. The third-order valence-corrected chi connectivity index (χ3v) is 11.0. The molecule has 5 aliphatic rings. The van der Waals surface area contributed by atoms with Crippen molar-refractivity contribution in [2.24, 2.45) is 23.2 Å². The van der Waals surface area contributed by atoms with Gasteiger partial charge in [-0.3, -0.25) is 4.79 Å². The van der Waals surface area contributed by atoms with Crippen LogP contribution >= 0.6 is 0 Å². The van der Waals surface area contributed by atoms with Gasteiger partial charge in [-0.25, -0.2) is 9.59 Å². The van der Waals surface area contributed by atoms with E-state index in [4.69, 9.17) is 18.9 Å². The number of aliphatic hydroxyl groups is 4. The Balaban J connectivity index is 1.58. The largest absolute Gasteiger partial charge is 0.458 e. The first-order chi connectivity index (χ1) is 20.0. The second kappa shape index (κ2) is 9.18. The summed E-state index contributed by atoms with van der Waals surface area (Å²) in [7, 11) is 0. The highest BCUT2D eigenvalue weighted by Gasteiger charge is 2.94. The van der Waals surface area contributed by atoms with Crippen molar-refractivity contribution in [3.63, 3.8) is 0 Å². The third kappa shape index (κ3) is 3.43. The van der Waals surface area contributed by atoms with Gasteiger partial charge in [0.25, 0.3) is 0 Å². The first-order valence-corrected chi connectivity index (χ1v) is 14.8. The Morgan fingerprint density at radius 1 is 1.07 bits per heavy atom. The summed E-state index contributed by atoms with van der Waals surface area (Å²) in [5.74, 6) is -7.39. The predicted molar refractivity (Wildman–Crippen MR) is 148 cm³/mol. The molecule has 3 aliphatic heterocycles.